The third-order valence-corrected chi connectivity index (χ3v) is 4.49. The van der Waals surface area contributed by atoms with E-state index in [0.717, 1.165) is 16.7 Å². The third kappa shape index (κ3) is 5.69. The van der Waals surface area contributed by atoms with Gasteiger partial charge in [-0.3, -0.25) is 9.59 Å². The highest BCUT2D eigenvalue weighted by molar-refractivity contribution is 5.96. The number of nitrogens with one attached hydrogen (secondary N) is 1. The summed E-state index contributed by atoms with van der Waals surface area (Å²) in [6.45, 7) is 3.78. The molecule has 0 heterocycles. The van der Waals surface area contributed by atoms with Gasteiger partial charge >= 0.3 is 5.97 Å². The van der Waals surface area contributed by atoms with E-state index in [9.17, 15) is 9.59 Å². The van der Waals surface area contributed by atoms with Crippen molar-refractivity contribution in [1.82, 2.24) is 5.32 Å². The van der Waals surface area contributed by atoms with Crippen LogP contribution in [0.4, 0.5) is 0 Å². The van der Waals surface area contributed by atoms with Gasteiger partial charge in [-0.15, -0.1) is 0 Å². The maximum atomic E-state index is 12.2. The zero-order valence-electron chi connectivity index (χ0n) is 16.5. The number of esters is 1. The number of aryl methyl sites for hydroxylation is 2. The van der Waals surface area contributed by atoms with Gasteiger partial charge in [0.1, 0.15) is 24.7 Å². The molecule has 0 saturated heterocycles. The van der Waals surface area contributed by atoms with Crippen molar-refractivity contribution < 1.29 is 19.1 Å². The lowest BCUT2D eigenvalue weighted by molar-refractivity contribution is -0.143. The molecular formula is C24H23NO4. The van der Waals surface area contributed by atoms with Gasteiger partial charge in [-0.25, -0.2) is 0 Å². The van der Waals surface area contributed by atoms with E-state index in [1.165, 1.54) is 0 Å². The van der Waals surface area contributed by atoms with Crippen LogP contribution in [0.2, 0.25) is 0 Å². The summed E-state index contributed by atoms with van der Waals surface area (Å²) in [5.41, 5.74) is 3.39. The minimum Gasteiger partial charge on any atom is -0.459 e. The van der Waals surface area contributed by atoms with Crippen LogP contribution in [0.3, 0.4) is 0 Å². The van der Waals surface area contributed by atoms with Gasteiger partial charge in [0, 0.05) is 11.1 Å². The first-order valence-corrected chi connectivity index (χ1v) is 9.35. The summed E-state index contributed by atoms with van der Waals surface area (Å²) in [5, 5.41) is 2.59. The Balaban J connectivity index is 1.53. The molecule has 0 spiro atoms. The summed E-state index contributed by atoms with van der Waals surface area (Å²) in [6.07, 6.45) is 0. The van der Waals surface area contributed by atoms with Crippen LogP contribution in [0.5, 0.6) is 11.5 Å². The standard InChI is InChI=1S/C24H23NO4/c1-17-12-13-19(14-18(17)2)24(27)25-15-23(26)28-16-20-8-6-7-11-22(20)29-21-9-4-3-5-10-21/h3-14H,15-16H2,1-2H3,(H,25,27). The van der Waals surface area contributed by atoms with Gasteiger partial charge < -0.3 is 14.8 Å². The highest BCUT2D eigenvalue weighted by Crippen LogP contribution is 2.25. The number of amides is 1. The van der Waals surface area contributed by atoms with Crippen molar-refractivity contribution in [3.05, 3.63) is 95.1 Å². The second kappa shape index (κ2) is 9.55. The van der Waals surface area contributed by atoms with Gasteiger partial charge in [0.25, 0.3) is 5.91 Å². The number of carbonyl (C=O) groups is 2. The van der Waals surface area contributed by atoms with Crippen LogP contribution in [0.25, 0.3) is 0 Å². The van der Waals surface area contributed by atoms with Gasteiger partial charge in [0.15, 0.2) is 0 Å². The Morgan fingerprint density at radius 2 is 1.59 bits per heavy atom. The molecule has 0 fully saturated rings. The van der Waals surface area contributed by atoms with Crippen molar-refractivity contribution in [3.8, 4) is 11.5 Å². The second-order valence-electron chi connectivity index (χ2n) is 6.67. The molecule has 0 saturated carbocycles. The van der Waals surface area contributed by atoms with E-state index in [1.54, 1.807) is 12.1 Å². The molecule has 1 amide bonds. The number of carbonyl (C=O) groups excluding carboxylic acids is 2. The summed E-state index contributed by atoms with van der Waals surface area (Å²) in [4.78, 5) is 24.3. The molecule has 0 bridgehead atoms. The Bertz CT molecular complexity index is 999. The number of para-hydroxylation sites is 2. The molecule has 0 unspecified atom stereocenters. The van der Waals surface area contributed by atoms with Gasteiger partial charge in [0.2, 0.25) is 0 Å². The van der Waals surface area contributed by atoms with Crippen LogP contribution in [-0.4, -0.2) is 18.4 Å². The lowest BCUT2D eigenvalue weighted by atomic mass is 10.1. The van der Waals surface area contributed by atoms with Crippen molar-refractivity contribution in [3.63, 3.8) is 0 Å². The smallest absolute Gasteiger partial charge is 0.325 e. The fourth-order valence-electron chi connectivity index (χ4n) is 2.68. The van der Waals surface area contributed by atoms with Crippen molar-refractivity contribution in [2.75, 3.05) is 6.54 Å². The van der Waals surface area contributed by atoms with Crippen molar-refractivity contribution >= 4 is 11.9 Å². The topological polar surface area (TPSA) is 64.6 Å². The Hall–Kier alpha value is -3.60. The van der Waals surface area contributed by atoms with E-state index in [-0.39, 0.29) is 19.1 Å². The lowest BCUT2D eigenvalue weighted by Crippen LogP contribution is -2.30. The van der Waals surface area contributed by atoms with E-state index in [1.807, 2.05) is 74.5 Å². The van der Waals surface area contributed by atoms with Crippen LogP contribution in [0, 0.1) is 13.8 Å². The van der Waals surface area contributed by atoms with Crippen LogP contribution in [0.1, 0.15) is 27.0 Å². The minimum atomic E-state index is -0.517. The summed E-state index contributed by atoms with van der Waals surface area (Å²) in [7, 11) is 0. The SMILES string of the molecule is Cc1ccc(C(=O)NCC(=O)OCc2ccccc2Oc2ccccc2)cc1C. The molecule has 1 N–H and O–H groups in total. The van der Waals surface area contributed by atoms with Crippen molar-refractivity contribution in [2.24, 2.45) is 0 Å². The Morgan fingerprint density at radius 1 is 0.862 bits per heavy atom. The molecule has 0 aliphatic heterocycles. The van der Waals surface area contributed by atoms with E-state index in [0.29, 0.717) is 17.1 Å². The minimum absolute atomic E-state index is 0.0569. The molecule has 3 aromatic rings. The van der Waals surface area contributed by atoms with Gasteiger partial charge in [0.05, 0.1) is 0 Å². The van der Waals surface area contributed by atoms with Gasteiger partial charge in [-0.1, -0.05) is 42.5 Å². The lowest BCUT2D eigenvalue weighted by Gasteiger charge is -2.12. The van der Waals surface area contributed by atoms with E-state index < -0.39 is 5.97 Å². The quantitative estimate of drug-likeness (QED) is 0.601. The predicted molar refractivity (Wildman–Crippen MR) is 111 cm³/mol. The number of hydrogen-bond acceptors (Lipinski definition) is 4. The van der Waals surface area contributed by atoms with E-state index in [4.69, 9.17) is 9.47 Å². The largest absolute Gasteiger partial charge is 0.459 e. The molecule has 3 rings (SSSR count). The zero-order chi connectivity index (χ0) is 20.6. The average Bonchev–Trinajstić information content (AvgIpc) is 2.74. The molecule has 0 aromatic heterocycles. The first-order valence-electron chi connectivity index (χ1n) is 9.35. The Kier molecular flexibility index (Phi) is 6.63. The Morgan fingerprint density at radius 3 is 2.34 bits per heavy atom. The van der Waals surface area contributed by atoms with Crippen LogP contribution in [0.15, 0.2) is 72.8 Å². The summed E-state index contributed by atoms with van der Waals surface area (Å²) in [6, 6.07) is 22.2. The number of rotatable bonds is 7. The maximum Gasteiger partial charge on any atom is 0.325 e. The molecule has 0 aliphatic rings. The highest BCUT2D eigenvalue weighted by Gasteiger charge is 2.11. The number of benzene rings is 3. The van der Waals surface area contributed by atoms with E-state index in [2.05, 4.69) is 5.32 Å². The first kappa shape index (κ1) is 20.1. The van der Waals surface area contributed by atoms with Crippen molar-refractivity contribution in [1.29, 1.82) is 0 Å². The summed E-state index contributed by atoms with van der Waals surface area (Å²) >= 11 is 0. The fraction of sp³-hybridized carbons (Fsp3) is 0.167. The van der Waals surface area contributed by atoms with Crippen LogP contribution in [-0.2, 0) is 16.1 Å². The molecule has 148 valence electrons. The highest BCUT2D eigenvalue weighted by atomic mass is 16.5. The second-order valence-corrected chi connectivity index (χ2v) is 6.67. The average molecular weight is 389 g/mol. The van der Waals surface area contributed by atoms with Gasteiger partial charge in [-0.05, 0) is 55.3 Å². The maximum absolute atomic E-state index is 12.2. The Labute approximate surface area is 170 Å². The summed E-state index contributed by atoms with van der Waals surface area (Å²) < 4.78 is 11.2. The monoisotopic (exact) mass is 389 g/mol. The molecule has 0 aliphatic carbocycles. The molecular weight excluding hydrogens is 366 g/mol. The summed E-state index contributed by atoms with van der Waals surface area (Å²) in [5.74, 6) is 0.493. The zero-order valence-corrected chi connectivity index (χ0v) is 16.5. The molecule has 0 radical (unpaired) electrons. The van der Waals surface area contributed by atoms with Gasteiger partial charge in [-0.2, -0.15) is 0 Å². The van der Waals surface area contributed by atoms with Crippen LogP contribution < -0.4 is 10.1 Å². The normalized spacial score (nSPS) is 10.3. The molecule has 29 heavy (non-hydrogen) atoms. The van der Waals surface area contributed by atoms with Crippen molar-refractivity contribution in [2.45, 2.75) is 20.5 Å². The predicted octanol–water partition coefficient (Wildman–Crippen LogP) is 4.57. The first-order chi connectivity index (χ1) is 14.0. The molecule has 3 aromatic carbocycles. The third-order valence-electron chi connectivity index (χ3n) is 4.49. The van der Waals surface area contributed by atoms with E-state index >= 15 is 0 Å². The van der Waals surface area contributed by atoms with Crippen LogP contribution >= 0.6 is 0 Å². The number of hydrogen-bond donors (Lipinski definition) is 1. The number of ether oxygens (including phenoxy) is 2. The molecule has 5 heteroatoms. The fourth-order valence-corrected chi connectivity index (χ4v) is 2.68. The molecule has 5 nitrogen and oxygen atoms in total. The molecule has 0 atom stereocenters.